The Morgan fingerprint density at radius 2 is 1.88 bits per heavy atom. The Morgan fingerprint density at radius 3 is 2.52 bits per heavy atom. The lowest BCUT2D eigenvalue weighted by atomic mass is 9.76. The molecule has 1 aromatic carbocycles. The summed E-state index contributed by atoms with van der Waals surface area (Å²) >= 11 is 0. The molecule has 0 bridgehead atoms. The van der Waals surface area contributed by atoms with E-state index in [2.05, 4.69) is 16.0 Å². The molecule has 1 atom stereocenters. The van der Waals surface area contributed by atoms with E-state index in [1.807, 2.05) is 0 Å². The number of amides is 2. The molecule has 0 saturated carbocycles. The molecule has 0 aromatic heterocycles. The van der Waals surface area contributed by atoms with Crippen LogP contribution in [0.2, 0.25) is 0 Å². The van der Waals surface area contributed by atoms with Gasteiger partial charge in [-0.1, -0.05) is 0 Å². The number of hydrogen-bond acceptors (Lipinski definition) is 4. The van der Waals surface area contributed by atoms with E-state index >= 15 is 0 Å². The lowest BCUT2D eigenvalue weighted by molar-refractivity contribution is -0.149. The highest BCUT2D eigenvalue weighted by molar-refractivity contribution is 5.89. The number of carbonyl (C=O) groups is 2. The van der Waals surface area contributed by atoms with Gasteiger partial charge >= 0.3 is 12.0 Å². The maximum Gasteiger partial charge on any atom is 0.319 e. The monoisotopic (exact) mass is 357 g/mol. The van der Waals surface area contributed by atoms with Crippen LogP contribution in [0.15, 0.2) is 12.1 Å². The molecule has 25 heavy (non-hydrogen) atoms. The third-order valence-corrected chi connectivity index (χ3v) is 4.62. The number of piperidine rings is 1. The zero-order valence-corrected chi connectivity index (χ0v) is 13.3. The lowest BCUT2D eigenvalue weighted by Gasteiger charge is -2.29. The molecule has 2 aliphatic rings. The third-order valence-electron chi connectivity index (χ3n) is 4.62. The molecule has 1 aromatic rings. The van der Waals surface area contributed by atoms with Crippen molar-refractivity contribution in [2.45, 2.75) is 25.4 Å². The zero-order valence-electron chi connectivity index (χ0n) is 13.3. The van der Waals surface area contributed by atoms with Crippen molar-refractivity contribution < 1.29 is 27.5 Å². The van der Waals surface area contributed by atoms with Crippen LogP contribution in [0.5, 0.6) is 0 Å². The molecular formula is C16H18F3N3O3. The summed E-state index contributed by atoms with van der Waals surface area (Å²) in [5, 5.41) is 7.88. The predicted molar refractivity (Wildman–Crippen MR) is 82.4 cm³/mol. The molecule has 2 heterocycles. The fourth-order valence-corrected chi connectivity index (χ4v) is 3.27. The van der Waals surface area contributed by atoms with Gasteiger partial charge in [0.15, 0.2) is 17.5 Å². The maximum atomic E-state index is 13.1. The summed E-state index contributed by atoms with van der Waals surface area (Å²) in [4.78, 5) is 23.9. The van der Waals surface area contributed by atoms with Crippen molar-refractivity contribution in [3.05, 3.63) is 29.6 Å². The van der Waals surface area contributed by atoms with E-state index < -0.39 is 35.0 Å². The quantitative estimate of drug-likeness (QED) is 0.570. The number of hydrogen-bond donors (Lipinski definition) is 3. The van der Waals surface area contributed by atoms with Crippen molar-refractivity contribution >= 4 is 17.7 Å². The minimum absolute atomic E-state index is 0.0823. The van der Waals surface area contributed by atoms with E-state index in [0.717, 1.165) is 13.1 Å². The topological polar surface area (TPSA) is 79.5 Å². The standard InChI is InChI=1S/C16H18F3N3O3/c17-11-5-9(6-12(18)13(11)19)22-15(24)21-8-10-7-16(14(23)25-10)1-3-20-4-2-16/h5-6,10,20H,1-4,7-8H2,(H2,21,22,24). The van der Waals surface area contributed by atoms with Gasteiger partial charge < -0.3 is 20.7 Å². The largest absolute Gasteiger partial charge is 0.460 e. The Bertz CT molecular complexity index is 669. The average molecular weight is 357 g/mol. The molecule has 0 radical (unpaired) electrons. The Morgan fingerprint density at radius 1 is 1.24 bits per heavy atom. The molecule has 3 rings (SSSR count). The second-order valence-electron chi connectivity index (χ2n) is 6.35. The minimum atomic E-state index is -1.60. The first-order valence-corrected chi connectivity index (χ1v) is 8.01. The number of urea groups is 1. The van der Waals surface area contributed by atoms with Gasteiger partial charge in [-0.3, -0.25) is 4.79 Å². The number of benzene rings is 1. The van der Waals surface area contributed by atoms with Crippen molar-refractivity contribution in [1.82, 2.24) is 10.6 Å². The first-order chi connectivity index (χ1) is 11.9. The smallest absolute Gasteiger partial charge is 0.319 e. The normalized spacial score (nSPS) is 21.9. The summed E-state index contributed by atoms with van der Waals surface area (Å²) in [6.45, 7) is 1.58. The molecule has 3 N–H and O–H groups in total. The van der Waals surface area contributed by atoms with Gasteiger partial charge in [-0.2, -0.15) is 0 Å². The Hall–Kier alpha value is -2.29. The summed E-state index contributed by atoms with van der Waals surface area (Å²) in [6.07, 6.45) is 1.47. The number of nitrogens with one attached hydrogen (secondary N) is 3. The second kappa shape index (κ2) is 6.91. The molecule has 2 saturated heterocycles. The SMILES string of the molecule is O=C(NCC1CC2(CCNCC2)C(=O)O1)Nc1cc(F)c(F)c(F)c1. The van der Waals surface area contributed by atoms with Gasteiger partial charge in [0.25, 0.3) is 0 Å². The van der Waals surface area contributed by atoms with Gasteiger partial charge in [0.05, 0.1) is 12.0 Å². The Kier molecular flexibility index (Phi) is 4.85. The van der Waals surface area contributed by atoms with Crippen LogP contribution in [0.25, 0.3) is 0 Å². The van der Waals surface area contributed by atoms with E-state index in [9.17, 15) is 22.8 Å². The number of cyclic esters (lactones) is 1. The summed E-state index contributed by atoms with van der Waals surface area (Å²) in [5.74, 6) is -4.64. The molecule has 2 amide bonds. The van der Waals surface area contributed by atoms with E-state index in [1.54, 1.807) is 0 Å². The summed E-state index contributed by atoms with van der Waals surface area (Å²) in [7, 11) is 0. The summed E-state index contributed by atoms with van der Waals surface area (Å²) < 4.78 is 44.4. The van der Waals surface area contributed by atoms with Crippen LogP contribution in [0, 0.1) is 22.9 Å². The molecule has 1 spiro atoms. The van der Waals surface area contributed by atoms with E-state index in [1.165, 1.54) is 0 Å². The van der Waals surface area contributed by atoms with E-state index in [-0.39, 0.29) is 18.2 Å². The Labute approximate surface area is 142 Å². The van der Waals surface area contributed by atoms with Crippen molar-refractivity contribution in [1.29, 1.82) is 0 Å². The number of ether oxygens (including phenoxy) is 1. The van der Waals surface area contributed by atoms with Crippen LogP contribution < -0.4 is 16.0 Å². The van der Waals surface area contributed by atoms with Gasteiger partial charge in [0, 0.05) is 24.2 Å². The number of esters is 1. The van der Waals surface area contributed by atoms with Crippen LogP contribution >= 0.6 is 0 Å². The highest BCUT2D eigenvalue weighted by atomic mass is 19.2. The van der Waals surface area contributed by atoms with Crippen LogP contribution in [0.3, 0.4) is 0 Å². The number of anilines is 1. The molecule has 9 heteroatoms. The minimum Gasteiger partial charge on any atom is -0.460 e. The maximum absolute atomic E-state index is 13.1. The fourth-order valence-electron chi connectivity index (χ4n) is 3.27. The predicted octanol–water partition coefficient (Wildman–Crippen LogP) is 1.91. The van der Waals surface area contributed by atoms with Gasteiger partial charge in [0.1, 0.15) is 6.10 Å². The molecule has 2 aliphatic heterocycles. The number of halogens is 3. The molecule has 6 nitrogen and oxygen atoms in total. The first kappa shape index (κ1) is 17.5. The van der Waals surface area contributed by atoms with E-state index in [4.69, 9.17) is 4.74 Å². The number of carbonyl (C=O) groups excluding carboxylic acids is 2. The first-order valence-electron chi connectivity index (χ1n) is 8.01. The zero-order chi connectivity index (χ0) is 18.0. The van der Waals surface area contributed by atoms with Crippen LogP contribution in [-0.4, -0.2) is 37.7 Å². The highest BCUT2D eigenvalue weighted by Crippen LogP contribution is 2.41. The number of rotatable bonds is 3. The van der Waals surface area contributed by atoms with Gasteiger partial charge in [-0.15, -0.1) is 0 Å². The van der Waals surface area contributed by atoms with Crippen molar-refractivity contribution in [3.63, 3.8) is 0 Å². The van der Waals surface area contributed by atoms with Crippen LogP contribution in [0.1, 0.15) is 19.3 Å². The second-order valence-corrected chi connectivity index (χ2v) is 6.35. The van der Waals surface area contributed by atoms with Crippen molar-refractivity contribution in [2.24, 2.45) is 5.41 Å². The summed E-state index contributed by atoms with van der Waals surface area (Å²) in [5.41, 5.74) is -0.704. The third kappa shape index (κ3) is 3.71. The highest BCUT2D eigenvalue weighted by Gasteiger charge is 2.49. The fraction of sp³-hybridized carbons (Fsp3) is 0.500. The molecular weight excluding hydrogens is 339 g/mol. The molecule has 0 aliphatic carbocycles. The average Bonchev–Trinajstić information content (AvgIpc) is 2.87. The molecule has 136 valence electrons. The van der Waals surface area contributed by atoms with Crippen LogP contribution in [-0.2, 0) is 9.53 Å². The van der Waals surface area contributed by atoms with Gasteiger partial charge in [0.2, 0.25) is 0 Å². The molecule has 1 unspecified atom stereocenters. The van der Waals surface area contributed by atoms with Crippen molar-refractivity contribution in [2.75, 3.05) is 25.0 Å². The van der Waals surface area contributed by atoms with Crippen molar-refractivity contribution in [3.8, 4) is 0 Å². The van der Waals surface area contributed by atoms with Gasteiger partial charge in [-0.05, 0) is 25.9 Å². The Balaban J connectivity index is 1.52. The molecule has 2 fully saturated rings. The van der Waals surface area contributed by atoms with Gasteiger partial charge in [-0.25, -0.2) is 18.0 Å². The summed E-state index contributed by atoms with van der Waals surface area (Å²) in [6, 6.07) is 0.627. The van der Waals surface area contributed by atoms with E-state index in [0.29, 0.717) is 31.4 Å². The lowest BCUT2D eigenvalue weighted by Crippen LogP contribution is -2.40. The van der Waals surface area contributed by atoms with Crippen LogP contribution in [0.4, 0.5) is 23.7 Å².